The number of rotatable bonds is 10. The normalized spacial score (nSPS) is 10.6. The molecule has 1 aromatic rings. The van der Waals surface area contributed by atoms with Crippen LogP contribution < -0.4 is 5.32 Å². The molecule has 0 heterocycles. The van der Waals surface area contributed by atoms with Crippen LogP contribution in [0.15, 0.2) is 22.7 Å². The molecule has 1 aromatic carbocycles. The summed E-state index contributed by atoms with van der Waals surface area (Å²) in [5.74, 6) is -0.816. The molecule has 118 valence electrons. The van der Waals surface area contributed by atoms with Gasteiger partial charge in [0.25, 0.3) is 5.91 Å². The first kappa shape index (κ1) is 18.1. The summed E-state index contributed by atoms with van der Waals surface area (Å²) in [6, 6.07) is 4.40. The van der Waals surface area contributed by atoms with Gasteiger partial charge in [0.15, 0.2) is 0 Å². The number of halogens is 2. The highest BCUT2D eigenvalue weighted by molar-refractivity contribution is 9.10. The van der Waals surface area contributed by atoms with E-state index in [1.54, 1.807) is 6.07 Å². The molecular weight excluding hydrogens is 333 g/mol. The van der Waals surface area contributed by atoms with Crippen molar-refractivity contribution < 1.29 is 9.18 Å². The van der Waals surface area contributed by atoms with E-state index in [1.807, 2.05) is 0 Å². The van der Waals surface area contributed by atoms with Crippen molar-refractivity contribution >= 4 is 21.8 Å². The van der Waals surface area contributed by atoms with Gasteiger partial charge in [-0.25, -0.2) is 4.39 Å². The Morgan fingerprint density at radius 2 is 1.71 bits per heavy atom. The van der Waals surface area contributed by atoms with Crippen LogP contribution in [0.3, 0.4) is 0 Å². The van der Waals surface area contributed by atoms with Gasteiger partial charge in [-0.3, -0.25) is 4.79 Å². The Kier molecular flexibility index (Phi) is 9.31. The van der Waals surface area contributed by atoms with Gasteiger partial charge < -0.3 is 5.32 Å². The number of nitrogens with one attached hydrogen (secondary N) is 1. The van der Waals surface area contributed by atoms with Gasteiger partial charge in [-0.1, -0.05) is 67.8 Å². The van der Waals surface area contributed by atoms with Crippen molar-refractivity contribution in [1.82, 2.24) is 5.32 Å². The molecule has 4 heteroatoms. The maximum atomic E-state index is 13.5. The molecule has 0 saturated heterocycles. The van der Waals surface area contributed by atoms with Crippen molar-refractivity contribution in [3.05, 3.63) is 34.1 Å². The lowest BCUT2D eigenvalue weighted by Crippen LogP contribution is -2.25. The van der Waals surface area contributed by atoms with Gasteiger partial charge in [0.2, 0.25) is 0 Å². The molecule has 1 amide bonds. The first-order valence-electron chi connectivity index (χ1n) is 7.88. The van der Waals surface area contributed by atoms with Crippen molar-refractivity contribution in [2.24, 2.45) is 0 Å². The second-order valence-corrected chi connectivity index (χ2v) is 6.27. The van der Waals surface area contributed by atoms with Crippen LogP contribution in [0.25, 0.3) is 0 Å². The summed E-state index contributed by atoms with van der Waals surface area (Å²) in [4.78, 5) is 11.9. The Hall–Kier alpha value is -0.900. The van der Waals surface area contributed by atoms with Crippen LogP contribution in [-0.2, 0) is 0 Å². The van der Waals surface area contributed by atoms with E-state index in [4.69, 9.17) is 0 Å². The molecule has 0 bridgehead atoms. The van der Waals surface area contributed by atoms with Crippen molar-refractivity contribution in [1.29, 1.82) is 0 Å². The van der Waals surface area contributed by atoms with Gasteiger partial charge in [0, 0.05) is 11.0 Å². The van der Waals surface area contributed by atoms with E-state index in [1.165, 1.54) is 50.7 Å². The van der Waals surface area contributed by atoms with Crippen LogP contribution in [0.2, 0.25) is 0 Å². The maximum absolute atomic E-state index is 13.5. The Bertz CT molecular complexity index is 437. The average molecular weight is 358 g/mol. The van der Waals surface area contributed by atoms with Gasteiger partial charge in [-0.15, -0.1) is 0 Å². The predicted octanol–water partition coefficient (Wildman–Crippen LogP) is 5.46. The van der Waals surface area contributed by atoms with E-state index in [0.29, 0.717) is 11.0 Å². The zero-order valence-electron chi connectivity index (χ0n) is 12.8. The van der Waals surface area contributed by atoms with E-state index < -0.39 is 5.82 Å². The SMILES string of the molecule is CCCCCCCCCCNC(=O)c1cc(Br)ccc1F. The van der Waals surface area contributed by atoms with Crippen LogP contribution in [-0.4, -0.2) is 12.5 Å². The molecule has 1 rings (SSSR count). The van der Waals surface area contributed by atoms with E-state index >= 15 is 0 Å². The standard InChI is InChI=1S/C17H25BrFNO/c1-2-3-4-5-6-7-8-9-12-20-17(21)15-13-14(18)10-11-16(15)19/h10-11,13H,2-9,12H2,1H3,(H,20,21). The maximum Gasteiger partial charge on any atom is 0.254 e. The second-order valence-electron chi connectivity index (χ2n) is 5.35. The van der Waals surface area contributed by atoms with Gasteiger partial charge in [0.1, 0.15) is 5.82 Å². The third-order valence-electron chi connectivity index (χ3n) is 3.49. The summed E-state index contributed by atoms with van der Waals surface area (Å²) < 4.78 is 14.2. The molecular formula is C17H25BrFNO. The summed E-state index contributed by atoms with van der Waals surface area (Å²) in [7, 11) is 0. The summed E-state index contributed by atoms with van der Waals surface area (Å²) in [6.45, 7) is 2.83. The highest BCUT2D eigenvalue weighted by Crippen LogP contribution is 2.15. The fraction of sp³-hybridized carbons (Fsp3) is 0.588. The van der Waals surface area contributed by atoms with E-state index in [9.17, 15) is 9.18 Å². The molecule has 21 heavy (non-hydrogen) atoms. The fourth-order valence-corrected chi connectivity index (χ4v) is 2.59. The monoisotopic (exact) mass is 357 g/mol. The molecule has 2 nitrogen and oxygen atoms in total. The molecule has 0 aliphatic heterocycles. The molecule has 1 N–H and O–H groups in total. The second kappa shape index (κ2) is 10.8. The van der Waals surface area contributed by atoms with Crippen LogP contribution in [0, 0.1) is 5.82 Å². The summed E-state index contributed by atoms with van der Waals surface area (Å²) in [5, 5.41) is 2.78. The minimum atomic E-state index is -0.480. The van der Waals surface area contributed by atoms with Crippen LogP contribution in [0.5, 0.6) is 0 Å². The molecule has 0 atom stereocenters. The number of carbonyl (C=O) groups is 1. The summed E-state index contributed by atoms with van der Waals surface area (Å²) in [6.07, 6.45) is 9.80. The minimum absolute atomic E-state index is 0.101. The first-order valence-corrected chi connectivity index (χ1v) is 8.67. The van der Waals surface area contributed by atoms with E-state index in [0.717, 1.165) is 12.8 Å². The van der Waals surface area contributed by atoms with Crippen LogP contribution in [0.4, 0.5) is 4.39 Å². The number of hydrogen-bond acceptors (Lipinski definition) is 1. The highest BCUT2D eigenvalue weighted by atomic mass is 79.9. The van der Waals surface area contributed by atoms with Gasteiger partial charge in [0.05, 0.1) is 5.56 Å². The lowest BCUT2D eigenvalue weighted by atomic mass is 10.1. The molecule has 0 saturated carbocycles. The van der Waals surface area contributed by atoms with Crippen molar-refractivity contribution in [3.63, 3.8) is 0 Å². The molecule has 0 unspecified atom stereocenters. The number of benzene rings is 1. The van der Waals surface area contributed by atoms with Crippen LogP contribution >= 0.6 is 15.9 Å². The molecule has 0 fully saturated rings. The third kappa shape index (κ3) is 7.60. The predicted molar refractivity (Wildman–Crippen MR) is 89.0 cm³/mol. The van der Waals surface area contributed by atoms with Crippen molar-refractivity contribution in [2.75, 3.05) is 6.54 Å². The van der Waals surface area contributed by atoms with Gasteiger partial charge in [-0.2, -0.15) is 0 Å². The highest BCUT2D eigenvalue weighted by Gasteiger charge is 2.11. The molecule has 0 spiro atoms. The number of amides is 1. The quantitative estimate of drug-likeness (QED) is 0.553. The number of carbonyl (C=O) groups excluding carboxylic acids is 1. The summed E-state index contributed by atoms with van der Waals surface area (Å²) >= 11 is 3.25. The van der Waals surface area contributed by atoms with Gasteiger partial charge >= 0.3 is 0 Å². The Labute approximate surface area is 135 Å². The van der Waals surface area contributed by atoms with Crippen LogP contribution in [0.1, 0.15) is 68.6 Å². The largest absolute Gasteiger partial charge is 0.352 e. The summed E-state index contributed by atoms with van der Waals surface area (Å²) in [5.41, 5.74) is 0.101. The molecule has 0 aliphatic carbocycles. The Morgan fingerprint density at radius 3 is 2.38 bits per heavy atom. The Morgan fingerprint density at radius 1 is 1.10 bits per heavy atom. The lowest BCUT2D eigenvalue weighted by molar-refractivity contribution is 0.0949. The van der Waals surface area contributed by atoms with Crippen molar-refractivity contribution in [3.8, 4) is 0 Å². The minimum Gasteiger partial charge on any atom is -0.352 e. The first-order chi connectivity index (χ1) is 10.1. The van der Waals surface area contributed by atoms with E-state index in [-0.39, 0.29) is 11.5 Å². The fourth-order valence-electron chi connectivity index (χ4n) is 2.23. The molecule has 0 radical (unpaired) electrons. The topological polar surface area (TPSA) is 29.1 Å². The molecule has 0 aliphatic rings. The zero-order valence-corrected chi connectivity index (χ0v) is 14.3. The zero-order chi connectivity index (χ0) is 15.5. The average Bonchev–Trinajstić information content (AvgIpc) is 2.48. The van der Waals surface area contributed by atoms with E-state index in [2.05, 4.69) is 28.2 Å². The lowest BCUT2D eigenvalue weighted by Gasteiger charge is -2.06. The smallest absolute Gasteiger partial charge is 0.254 e. The molecule has 0 aromatic heterocycles. The number of unbranched alkanes of at least 4 members (excludes halogenated alkanes) is 7. The third-order valence-corrected chi connectivity index (χ3v) is 3.98. The Balaban J connectivity index is 2.12. The van der Waals surface area contributed by atoms with Crippen molar-refractivity contribution in [2.45, 2.75) is 58.3 Å². The number of hydrogen-bond donors (Lipinski definition) is 1. The van der Waals surface area contributed by atoms with Gasteiger partial charge in [-0.05, 0) is 24.6 Å².